The molecule has 0 fully saturated rings. The molecule has 16 heavy (non-hydrogen) atoms. The van der Waals surface area contributed by atoms with E-state index in [0.717, 1.165) is 6.08 Å². The van der Waals surface area contributed by atoms with Gasteiger partial charge in [0, 0.05) is 18.8 Å². The van der Waals surface area contributed by atoms with Crippen molar-refractivity contribution in [2.75, 3.05) is 12.4 Å². The molecule has 0 atom stereocenters. The predicted molar refractivity (Wildman–Crippen MR) is 60.4 cm³/mol. The predicted octanol–water partition coefficient (Wildman–Crippen LogP) is 1.53. The lowest BCUT2D eigenvalue weighted by molar-refractivity contribution is -0.111. The number of carbonyl (C=O) groups excluding carboxylic acids is 2. The van der Waals surface area contributed by atoms with Gasteiger partial charge in [-0.05, 0) is 18.2 Å². The number of nitrogens with one attached hydrogen (secondary N) is 2. The van der Waals surface area contributed by atoms with Gasteiger partial charge in [0.2, 0.25) is 5.91 Å². The highest BCUT2D eigenvalue weighted by Gasteiger charge is 2.03. The van der Waals surface area contributed by atoms with Crippen molar-refractivity contribution in [1.82, 2.24) is 5.32 Å². The van der Waals surface area contributed by atoms with Gasteiger partial charge < -0.3 is 15.4 Å². The summed E-state index contributed by atoms with van der Waals surface area (Å²) >= 11 is 0. The Morgan fingerprint density at radius 3 is 2.81 bits per heavy atom. The first-order valence-electron chi connectivity index (χ1n) is 4.58. The van der Waals surface area contributed by atoms with Crippen LogP contribution in [0, 0.1) is 0 Å². The largest absolute Gasteiger partial charge is 0.412 e. The summed E-state index contributed by atoms with van der Waals surface area (Å²) in [4.78, 5) is 22.0. The third-order valence-corrected chi connectivity index (χ3v) is 1.70. The molecular weight excluding hydrogens is 208 g/mol. The molecule has 1 aromatic carbocycles. The Morgan fingerprint density at radius 2 is 2.19 bits per heavy atom. The first-order chi connectivity index (χ1) is 7.65. The maximum atomic E-state index is 11.0. The van der Waals surface area contributed by atoms with Gasteiger partial charge >= 0.3 is 6.09 Å². The maximum Gasteiger partial charge on any atom is 0.412 e. The fourth-order valence-corrected chi connectivity index (χ4v) is 0.989. The Kier molecular flexibility index (Phi) is 4.08. The Balaban J connectivity index is 2.74. The molecule has 2 N–H and O–H groups in total. The van der Waals surface area contributed by atoms with E-state index in [2.05, 4.69) is 17.2 Å². The van der Waals surface area contributed by atoms with Crippen LogP contribution in [-0.4, -0.2) is 19.0 Å². The smallest absolute Gasteiger partial charge is 0.410 e. The fraction of sp³-hybridized carbons (Fsp3) is 0.0909. The van der Waals surface area contributed by atoms with E-state index in [1.165, 1.54) is 13.1 Å². The summed E-state index contributed by atoms with van der Waals surface area (Å²) in [7, 11) is 1.46. The van der Waals surface area contributed by atoms with E-state index < -0.39 is 6.09 Å². The number of carbonyl (C=O) groups is 2. The highest BCUT2D eigenvalue weighted by Crippen LogP contribution is 2.17. The van der Waals surface area contributed by atoms with Gasteiger partial charge in [0.25, 0.3) is 0 Å². The Bertz CT molecular complexity index is 415. The minimum absolute atomic E-state index is 0.322. The van der Waals surface area contributed by atoms with Gasteiger partial charge in [0.05, 0.1) is 0 Å². The van der Waals surface area contributed by atoms with Crippen molar-refractivity contribution >= 4 is 17.7 Å². The molecule has 84 valence electrons. The highest BCUT2D eigenvalue weighted by atomic mass is 16.5. The molecule has 0 radical (unpaired) electrons. The van der Waals surface area contributed by atoms with Crippen molar-refractivity contribution in [2.45, 2.75) is 0 Å². The summed E-state index contributed by atoms with van der Waals surface area (Å²) in [6.07, 6.45) is 0.596. The Labute approximate surface area is 93.1 Å². The minimum atomic E-state index is -0.563. The second-order valence-electron chi connectivity index (χ2n) is 2.86. The maximum absolute atomic E-state index is 11.0. The van der Waals surface area contributed by atoms with Crippen molar-refractivity contribution in [3.63, 3.8) is 0 Å². The third-order valence-electron chi connectivity index (χ3n) is 1.70. The van der Waals surface area contributed by atoms with E-state index >= 15 is 0 Å². The van der Waals surface area contributed by atoms with E-state index in [1.54, 1.807) is 18.2 Å². The normalized spacial score (nSPS) is 9.06. The highest BCUT2D eigenvalue weighted by molar-refractivity contribution is 5.98. The fourth-order valence-electron chi connectivity index (χ4n) is 0.989. The van der Waals surface area contributed by atoms with Gasteiger partial charge in [0.1, 0.15) is 5.75 Å². The first kappa shape index (κ1) is 11.8. The lowest BCUT2D eigenvalue weighted by atomic mass is 10.3. The molecule has 5 heteroatoms. The van der Waals surface area contributed by atoms with E-state index in [1.807, 2.05) is 0 Å². The van der Waals surface area contributed by atoms with Crippen LogP contribution in [0.5, 0.6) is 5.75 Å². The summed E-state index contributed by atoms with van der Waals surface area (Å²) in [5, 5.41) is 4.87. The average molecular weight is 220 g/mol. The molecule has 0 aliphatic carbocycles. The molecule has 1 aromatic rings. The van der Waals surface area contributed by atoms with E-state index in [0.29, 0.717) is 11.4 Å². The van der Waals surface area contributed by atoms with Crippen LogP contribution in [0.3, 0.4) is 0 Å². The third kappa shape index (κ3) is 3.45. The molecule has 0 saturated carbocycles. The second-order valence-corrected chi connectivity index (χ2v) is 2.86. The van der Waals surface area contributed by atoms with Gasteiger partial charge in [0.15, 0.2) is 0 Å². The molecule has 0 bridgehead atoms. The molecule has 0 saturated heterocycles. The monoisotopic (exact) mass is 220 g/mol. The van der Waals surface area contributed by atoms with Crippen molar-refractivity contribution in [3.05, 3.63) is 36.9 Å². The average Bonchev–Trinajstić information content (AvgIpc) is 2.29. The molecule has 0 aliphatic heterocycles. The standard InChI is InChI=1S/C11H12N2O3/c1-3-10(14)13-8-5-4-6-9(7-8)16-11(15)12-2/h3-7H,1H2,2H3,(H,12,15)(H,13,14). The molecule has 0 unspecified atom stereocenters. The molecule has 0 heterocycles. The number of hydrogen-bond acceptors (Lipinski definition) is 3. The summed E-state index contributed by atoms with van der Waals surface area (Å²) in [5.74, 6) is 0.0262. The van der Waals surface area contributed by atoms with Crippen LogP contribution >= 0.6 is 0 Å². The summed E-state index contributed by atoms with van der Waals surface area (Å²) < 4.78 is 4.89. The van der Waals surface area contributed by atoms with Gasteiger partial charge in [-0.1, -0.05) is 12.6 Å². The van der Waals surface area contributed by atoms with Crippen LogP contribution in [-0.2, 0) is 4.79 Å². The first-order valence-corrected chi connectivity index (χ1v) is 4.58. The molecule has 0 aliphatic rings. The van der Waals surface area contributed by atoms with Gasteiger partial charge in [-0.2, -0.15) is 0 Å². The molecule has 5 nitrogen and oxygen atoms in total. The van der Waals surface area contributed by atoms with E-state index in [4.69, 9.17) is 4.74 Å². The van der Waals surface area contributed by atoms with Crippen molar-refractivity contribution < 1.29 is 14.3 Å². The number of rotatable bonds is 3. The number of hydrogen-bond donors (Lipinski definition) is 2. The van der Waals surface area contributed by atoms with Gasteiger partial charge in [-0.15, -0.1) is 0 Å². The van der Waals surface area contributed by atoms with Crippen LogP contribution in [0.2, 0.25) is 0 Å². The molecule has 0 spiro atoms. The molecular formula is C11H12N2O3. The lowest BCUT2D eigenvalue weighted by Crippen LogP contribution is -2.22. The number of anilines is 1. The Morgan fingerprint density at radius 1 is 1.44 bits per heavy atom. The second kappa shape index (κ2) is 5.55. The Hall–Kier alpha value is -2.30. The van der Waals surface area contributed by atoms with Crippen LogP contribution in [0.15, 0.2) is 36.9 Å². The van der Waals surface area contributed by atoms with E-state index in [9.17, 15) is 9.59 Å². The zero-order valence-corrected chi connectivity index (χ0v) is 8.82. The molecule has 2 amide bonds. The zero-order chi connectivity index (χ0) is 12.0. The van der Waals surface area contributed by atoms with Crippen molar-refractivity contribution in [2.24, 2.45) is 0 Å². The number of benzene rings is 1. The topological polar surface area (TPSA) is 67.4 Å². The van der Waals surface area contributed by atoms with Crippen molar-refractivity contribution in [1.29, 1.82) is 0 Å². The van der Waals surface area contributed by atoms with Gasteiger partial charge in [-0.3, -0.25) is 4.79 Å². The lowest BCUT2D eigenvalue weighted by Gasteiger charge is -2.06. The summed E-state index contributed by atoms with van der Waals surface area (Å²) in [6.45, 7) is 3.33. The molecule has 0 aromatic heterocycles. The molecule has 1 rings (SSSR count). The minimum Gasteiger partial charge on any atom is -0.410 e. The van der Waals surface area contributed by atoms with Crippen LogP contribution in [0.1, 0.15) is 0 Å². The number of amides is 2. The summed E-state index contributed by atoms with van der Waals surface area (Å²) in [6, 6.07) is 6.49. The quantitative estimate of drug-likeness (QED) is 0.759. The summed E-state index contributed by atoms with van der Waals surface area (Å²) in [5.41, 5.74) is 0.534. The number of ether oxygens (including phenoxy) is 1. The van der Waals surface area contributed by atoms with E-state index in [-0.39, 0.29) is 5.91 Å². The van der Waals surface area contributed by atoms with Crippen molar-refractivity contribution in [3.8, 4) is 5.75 Å². The van der Waals surface area contributed by atoms with Gasteiger partial charge in [-0.25, -0.2) is 4.79 Å². The zero-order valence-electron chi connectivity index (χ0n) is 8.82. The van der Waals surface area contributed by atoms with Crippen LogP contribution in [0.25, 0.3) is 0 Å². The van der Waals surface area contributed by atoms with Crippen LogP contribution in [0.4, 0.5) is 10.5 Å². The van der Waals surface area contributed by atoms with Crippen LogP contribution < -0.4 is 15.4 Å². The SMILES string of the molecule is C=CC(=O)Nc1cccc(OC(=O)NC)c1.